The van der Waals surface area contributed by atoms with E-state index in [1.807, 2.05) is 0 Å². The van der Waals surface area contributed by atoms with Crippen LogP contribution in [0.5, 0.6) is 0 Å². The van der Waals surface area contributed by atoms with Crippen LogP contribution in [0, 0.1) is 5.92 Å². The Labute approximate surface area is 102 Å². The summed E-state index contributed by atoms with van der Waals surface area (Å²) in [7, 11) is 1.71. The average molecular weight is 282 g/mol. The van der Waals surface area contributed by atoms with Crippen LogP contribution < -0.4 is 0 Å². The van der Waals surface area contributed by atoms with Crippen molar-refractivity contribution in [1.82, 2.24) is 4.90 Å². The van der Waals surface area contributed by atoms with Gasteiger partial charge in [0.2, 0.25) is 0 Å². The van der Waals surface area contributed by atoms with E-state index in [9.17, 15) is 0 Å². The molecule has 0 rings (SSSR count). The monoisotopic (exact) mass is 281 g/mol. The zero-order valence-corrected chi connectivity index (χ0v) is 11.5. The highest BCUT2D eigenvalue weighted by molar-refractivity contribution is 9.09. The number of hydrogen-bond acceptors (Lipinski definition) is 3. The van der Waals surface area contributed by atoms with Gasteiger partial charge in [-0.1, -0.05) is 29.3 Å². The molecule has 0 spiro atoms. The molecule has 0 aromatic heterocycles. The minimum Gasteiger partial charge on any atom is -0.395 e. The molecule has 0 fully saturated rings. The van der Waals surface area contributed by atoms with Crippen molar-refractivity contribution in [1.29, 1.82) is 0 Å². The summed E-state index contributed by atoms with van der Waals surface area (Å²) in [6.45, 7) is 5.87. The molecule has 4 heteroatoms. The van der Waals surface area contributed by atoms with E-state index in [0.717, 1.165) is 31.6 Å². The lowest BCUT2D eigenvalue weighted by Gasteiger charge is -2.25. The predicted octanol–water partition coefficient (Wildman–Crippen LogP) is 1.74. The van der Waals surface area contributed by atoms with Crippen molar-refractivity contribution in [3.05, 3.63) is 0 Å². The van der Waals surface area contributed by atoms with E-state index in [2.05, 4.69) is 27.8 Å². The number of hydrogen-bond donors (Lipinski definition) is 1. The highest BCUT2D eigenvalue weighted by Gasteiger charge is 2.11. The fourth-order valence-electron chi connectivity index (χ4n) is 1.65. The summed E-state index contributed by atoms with van der Waals surface area (Å²) < 4.78 is 5.06. The Bertz CT molecular complexity index is 136. The zero-order valence-electron chi connectivity index (χ0n) is 9.91. The molecule has 0 amide bonds. The third-order valence-corrected chi connectivity index (χ3v) is 3.38. The van der Waals surface area contributed by atoms with Gasteiger partial charge in [0, 0.05) is 32.1 Å². The molecular weight excluding hydrogens is 258 g/mol. The molecule has 0 saturated carbocycles. The number of aliphatic hydroxyl groups excluding tert-OH is 1. The summed E-state index contributed by atoms with van der Waals surface area (Å²) in [5.74, 6) is 0.679. The SMILES string of the molecule is CCCC(CBr)CN(CCO)CCOC. The Morgan fingerprint density at radius 3 is 2.60 bits per heavy atom. The topological polar surface area (TPSA) is 32.7 Å². The van der Waals surface area contributed by atoms with E-state index in [-0.39, 0.29) is 6.61 Å². The Balaban J connectivity index is 3.87. The van der Waals surface area contributed by atoms with Gasteiger partial charge >= 0.3 is 0 Å². The van der Waals surface area contributed by atoms with Crippen LogP contribution in [0.4, 0.5) is 0 Å². The van der Waals surface area contributed by atoms with Crippen molar-refractivity contribution in [2.75, 3.05) is 45.3 Å². The van der Waals surface area contributed by atoms with Crippen LogP contribution in [0.3, 0.4) is 0 Å². The molecule has 3 nitrogen and oxygen atoms in total. The molecule has 1 atom stereocenters. The maximum Gasteiger partial charge on any atom is 0.0589 e. The standard InChI is InChI=1S/C11H24BrNO2/c1-3-4-11(9-12)10-13(5-7-14)6-8-15-2/h11,14H,3-10H2,1-2H3. The Hall–Kier alpha value is 0.360. The lowest BCUT2D eigenvalue weighted by atomic mass is 10.1. The Morgan fingerprint density at radius 2 is 2.13 bits per heavy atom. The second-order valence-electron chi connectivity index (χ2n) is 3.83. The van der Waals surface area contributed by atoms with Crippen LogP contribution in [-0.4, -0.2) is 55.3 Å². The molecular formula is C11H24BrNO2. The molecule has 0 radical (unpaired) electrons. The van der Waals surface area contributed by atoms with E-state index in [1.165, 1.54) is 12.8 Å². The lowest BCUT2D eigenvalue weighted by Crippen LogP contribution is -2.35. The molecule has 0 heterocycles. The summed E-state index contributed by atoms with van der Waals surface area (Å²) in [4.78, 5) is 2.27. The largest absolute Gasteiger partial charge is 0.395 e. The van der Waals surface area contributed by atoms with Gasteiger partial charge in [-0.25, -0.2) is 0 Å². The highest BCUT2D eigenvalue weighted by atomic mass is 79.9. The molecule has 0 saturated heterocycles. The summed E-state index contributed by atoms with van der Waals surface area (Å²) in [5.41, 5.74) is 0. The number of halogens is 1. The third kappa shape index (κ3) is 8.20. The molecule has 0 aliphatic carbocycles. The van der Waals surface area contributed by atoms with Gasteiger partial charge < -0.3 is 9.84 Å². The maximum absolute atomic E-state index is 8.96. The van der Waals surface area contributed by atoms with Crippen molar-refractivity contribution in [2.45, 2.75) is 19.8 Å². The van der Waals surface area contributed by atoms with Crippen molar-refractivity contribution < 1.29 is 9.84 Å². The molecule has 1 N–H and O–H groups in total. The first-order chi connectivity index (χ1) is 7.28. The number of nitrogens with zero attached hydrogens (tertiary/aromatic N) is 1. The quantitative estimate of drug-likeness (QED) is 0.620. The fraction of sp³-hybridized carbons (Fsp3) is 1.00. The first-order valence-corrected chi connectivity index (χ1v) is 6.78. The zero-order chi connectivity index (χ0) is 11.5. The minimum absolute atomic E-state index is 0.227. The number of methoxy groups -OCH3 is 1. The van der Waals surface area contributed by atoms with Crippen molar-refractivity contribution in [3.63, 3.8) is 0 Å². The van der Waals surface area contributed by atoms with Crippen LogP contribution in [0.25, 0.3) is 0 Å². The number of alkyl halides is 1. The van der Waals surface area contributed by atoms with Crippen molar-refractivity contribution in [3.8, 4) is 0 Å². The first kappa shape index (κ1) is 15.4. The summed E-state index contributed by atoms with van der Waals surface area (Å²) in [6.07, 6.45) is 2.45. The second-order valence-corrected chi connectivity index (χ2v) is 4.47. The van der Waals surface area contributed by atoms with Crippen LogP contribution >= 0.6 is 15.9 Å². The van der Waals surface area contributed by atoms with Gasteiger partial charge in [0.1, 0.15) is 0 Å². The first-order valence-electron chi connectivity index (χ1n) is 5.66. The number of ether oxygens (including phenoxy) is 1. The lowest BCUT2D eigenvalue weighted by molar-refractivity contribution is 0.120. The Morgan fingerprint density at radius 1 is 1.40 bits per heavy atom. The maximum atomic E-state index is 8.96. The van der Waals surface area contributed by atoms with E-state index in [0.29, 0.717) is 5.92 Å². The summed E-state index contributed by atoms with van der Waals surface area (Å²) in [6, 6.07) is 0. The molecule has 1 unspecified atom stereocenters. The summed E-state index contributed by atoms with van der Waals surface area (Å²) in [5, 5.41) is 9.99. The van der Waals surface area contributed by atoms with E-state index < -0.39 is 0 Å². The van der Waals surface area contributed by atoms with Crippen LogP contribution in [0.1, 0.15) is 19.8 Å². The van der Waals surface area contributed by atoms with Crippen molar-refractivity contribution >= 4 is 15.9 Å². The average Bonchev–Trinajstić information content (AvgIpc) is 2.25. The van der Waals surface area contributed by atoms with Crippen LogP contribution in [-0.2, 0) is 4.74 Å². The summed E-state index contributed by atoms with van der Waals surface area (Å²) >= 11 is 3.54. The molecule has 0 aromatic carbocycles. The van der Waals surface area contributed by atoms with Gasteiger partial charge in [-0.05, 0) is 12.3 Å². The normalized spacial score (nSPS) is 13.4. The fourth-order valence-corrected chi connectivity index (χ4v) is 2.18. The predicted molar refractivity (Wildman–Crippen MR) is 67.6 cm³/mol. The smallest absolute Gasteiger partial charge is 0.0589 e. The molecule has 0 aliphatic rings. The van der Waals surface area contributed by atoms with Gasteiger partial charge in [-0.15, -0.1) is 0 Å². The van der Waals surface area contributed by atoms with E-state index >= 15 is 0 Å². The van der Waals surface area contributed by atoms with Crippen molar-refractivity contribution in [2.24, 2.45) is 5.92 Å². The molecule has 0 aliphatic heterocycles. The Kier molecular flexibility index (Phi) is 11.1. The molecule has 15 heavy (non-hydrogen) atoms. The second kappa shape index (κ2) is 10.9. The molecule has 0 bridgehead atoms. The van der Waals surface area contributed by atoms with E-state index in [4.69, 9.17) is 9.84 Å². The molecule has 92 valence electrons. The van der Waals surface area contributed by atoms with Gasteiger partial charge in [0.05, 0.1) is 13.2 Å². The van der Waals surface area contributed by atoms with Gasteiger partial charge in [0.15, 0.2) is 0 Å². The van der Waals surface area contributed by atoms with Gasteiger partial charge in [-0.3, -0.25) is 4.90 Å². The van der Waals surface area contributed by atoms with Gasteiger partial charge in [-0.2, -0.15) is 0 Å². The van der Waals surface area contributed by atoms with E-state index in [1.54, 1.807) is 7.11 Å². The van der Waals surface area contributed by atoms with Crippen LogP contribution in [0.2, 0.25) is 0 Å². The van der Waals surface area contributed by atoms with Gasteiger partial charge in [0.25, 0.3) is 0 Å². The van der Waals surface area contributed by atoms with Crippen LogP contribution in [0.15, 0.2) is 0 Å². The number of rotatable bonds is 10. The highest BCUT2D eigenvalue weighted by Crippen LogP contribution is 2.11. The molecule has 0 aromatic rings. The third-order valence-electron chi connectivity index (χ3n) is 2.46. The minimum atomic E-state index is 0.227. The number of aliphatic hydroxyl groups is 1.